The Hall–Kier alpha value is -7.08. The van der Waals surface area contributed by atoms with E-state index < -0.39 is 10.8 Å². The quantitative estimate of drug-likeness (QED) is 0.120. The third-order valence-corrected chi connectivity index (χ3v) is 28.8. The van der Waals surface area contributed by atoms with Gasteiger partial charge < -0.3 is 0 Å². The lowest BCUT2D eigenvalue weighted by atomic mass is 9.73. The molecule has 4 aliphatic carbocycles. The van der Waals surface area contributed by atoms with Crippen molar-refractivity contribution in [2.45, 2.75) is 10.8 Å². The van der Waals surface area contributed by atoms with Gasteiger partial charge in [-0.1, -0.05) is 24.3 Å². The van der Waals surface area contributed by atoms with E-state index in [9.17, 15) is 30.6 Å². The highest BCUT2D eigenvalue weighted by molar-refractivity contribution is 7.32. The maximum Gasteiger partial charge on any atom is 0.204 e. The molecule has 0 amide bonds. The Morgan fingerprint density at radius 1 is 0.412 bits per heavy atom. The standard InChI is InChI=1S/C62H22N4O2S12/c63-23-27(24-64)45-33(51(67)59-47(45)55-37(77-59)9-15-73-55)17-29-19-39-57(75-29)49-53(79-39)31-22-36-32(21-35(31)61(49,41-5-1-11-69-41)42-6-2-12-70-42)54-50(62(36,43-7-3-13-71-43)44-8-4-14-72-44)58-40(80-54)20-30(76-58)18-34-46(28(25-65)26-66)48-56-38(10-16-74-56)78-60(48)52(34)68/h1-22H/b33-17-,34-18-. The van der Waals surface area contributed by atoms with Gasteiger partial charge in [-0.2, -0.15) is 21.0 Å². The highest BCUT2D eigenvalue weighted by atomic mass is 32.1. The normalized spacial score (nSPS) is 16.2. The lowest BCUT2D eigenvalue weighted by molar-refractivity contribution is 0.103. The summed E-state index contributed by atoms with van der Waals surface area (Å²) in [4.78, 5) is 39.1. The molecule has 0 fully saturated rings. The number of Topliss-reactive ketones (excluding diaryl/α,β-unsaturated/α-hetero) is 2. The van der Waals surface area contributed by atoms with Crippen molar-refractivity contribution in [1.29, 1.82) is 21.0 Å². The molecule has 0 saturated carbocycles. The van der Waals surface area contributed by atoms with Gasteiger partial charge in [0.15, 0.2) is 0 Å². The fourth-order valence-electron chi connectivity index (χ4n) is 12.6. The zero-order valence-corrected chi connectivity index (χ0v) is 50.0. The van der Waals surface area contributed by atoms with Gasteiger partial charge in [-0.3, -0.25) is 9.59 Å². The fraction of sp³-hybridized carbons (Fsp3) is 0.0323. The van der Waals surface area contributed by atoms with E-state index in [0.29, 0.717) is 43.2 Å². The number of thiophene rings is 12. The Balaban J connectivity index is 0.893. The van der Waals surface area contributed by atoms with Gasteiger partial charge in [0.2, 0.25) is 11.6 Å². The summed E-state index contributed by atoms with van der Waals surface area (Å²) in [6.45, 7) is 0. The van der Waals surface area contributed by atoms with E-state index in [-0.39, 0.29) is 22.7 Å². The molecule has 80 heavy (non-hydrogen) atoms. The fourth-order valence-corrected chi connectivity index (χ4v) is 26.7. The van der Waals surface area contributed by atoms with Crippen LogP contribution in [0.1, 0.15) is 82.0 Å². The number of ketones is 2. The molecule has 1 aromatic carbocycles. The first-order valence-electron chi connectivity index (χ1n) is 24.4. The first kappa shape index (κ1) is 47.7. The van der Waals surface area contributed by atoms with Gasteiger partial charge >= 0.3 is 0 Å². The maximum absolute atomic E-state index is 14.4. The van der Waals surface area contributed by atoms with Crippen molar-refractivity contribution < 1.29 is 9.59 Å². The number of allylic oxidation sites excluding steroid dienone is 6. The second kappa shape index (κ2) is 17.2. The molecule has 0 atom stereocenters. The van der Waals surface area contributed by atoms with Crippen LogP contribution in [-0.2, 0) is 10.8 Å². The molecule has 0 unspecified atom stereocenters. The molecule has 12 aromatic heterocycles. The molecule has 6 nitrogen and oxygen atoms in total. The number of carbonyl (C=O) groups excluding carboxylic acids is 2. The number of nitriles is 4. The summed E-state index contributed by atoms with van der Waals surface area (Å²) in [7, 11) is 0. The van der Waals surface area contributed by atoms with Crippen molar-refractivity contribution in [3.05, 3.63) is 212 Å². The Labute approximate surface area is 501 Å². The topological polar surface area (TPSA) is 129 Å². The van der Waals surface area contributed by atoms with Crippen LogP contribution in [0.3, 0.4) is 0 Å². The minimum Gasteiger partial charge on any atom is -0.288 e. The van der Waals surface area contributed by atoms with Crippen LogP contribution in [-0.4, -0.2) is 11.6 Å². The molecule has 4 aliphatic rings. The van der Waals surface area contributed by atoms with Gasteiger partial charge in [-0.05, 0) is 127 Å². The monoisotopic (exact) mass is 1240 g/mol. The van der Waals surface area contributed by atoms with E-state index in [4.69, 9.17) is 0 Å². The molecular formula is C62H22N4O2S12. The van der Waals surface area contributed by atoms with Gasteiger partial charge in [0.05, 0.1) is 39.4 Å². The van der Waals surface area contributed by atoms with Crippen molar-refractivity contribution in [1.82, 2.24) is 0 Å². The van der Waals surface area contributed by atoms with E-state index in [1.807, 2.05) is 35.0 Å². The highest BCUT2D eigenvalue weighted by Crippen LogP contribution is 2.69. The molecule has 374 valence electrons. The van der Waals surface area contributed by atoms with E-state index in [1.54, 1.807) is 90.7 Å². The van der Waals surface area contributed by atoms with E-state index in [1.165, 1.54) is 108 Å². The Morgan fingerprint density at radius 2 is 0.787 bits per heavy atom. The molecule has 17 rings (SSSR count). The minimum absolute atomic E-state index is 0.0581. The number of fused-ring (bicyclic) bond motifs is 16. The molecule has 0 saturated heterocycles. The summed E-state index contributed by atoms with van der Waals surface area (Å²) < 4.78 is 8.33. The number of benzene rings is 1. The van der Waals surface area contributed by atoms with Crippen molar-refractivity contribution in [3.8, 4) is 45.2 Å². The SMILES string of the molecule is N#CC(C#N)=C1/C(=C/c2cc3sc4c(c3s2)C(c2cccs2)(c2cccs2)c2cc3c(cc2-4)C(c2cccs2)(c2cccs2)c2c-3sc3cc(/C=C4\C(=O)c5sc6ccsc6c5C4=C(C#N)C#N)sc23)C(=O)c2sc3ccsc3c21. The van der Waals surface area contributed by atoms with Crippen LogP contribution in [0.5, 0.6) is 0 Å². The lowest BCUT2D eigenvalue weighted by Gasteiger charge is -2.32. The average Bonchev–Trinajstić information content (AvgIpc) is 4.49. The number of rotatable bonds is 6. The summed E-state index contributed by atoms with van der Waals surface area (Å²) in [5, 5.41) is 53.8. The van der Waals surface area contributed by atoms with Crippen LogP contribution < -0.4 is 0 Å². The first-order valence-corrected chi connectivity index (χ1v) is 34.6. The summed E-state index contributed by atoms with van der Waals surface area (Å²) >= 11 is 19.9. The van der Waals surface area contributed by atoms with Crippen LogP contribution in [0.15, 0.2) is 140 Å². The predicted molar refractivity (Wildman–Crippen MR) is 339 cm³/mol. The third-order valence-electron chi connectivity index (χ3n) is 15.6. The number of carbonyl (C=O) groups is 2. The summed E-state index contributed by atoms with van der Waals surface area (Å²) in [6, 6.07) is 39.6. The highest BCUT2D eigenvalue weighted by Gasteiger charge is 2.56. The molecule has 0 bridgehead atoms. The molecule has 13 aromatic rings. The number of nitrogens with zero attached hydrogens (tertiary/aromatic N) is 4. The van der Waals surface area contributed by atoms with Crippen molar-refractivity contribution in [2.75, 3.05) is 0 Å². The first-order chi connectivity index (χ1) is 39.3. The molecular weight excluding hydrogens is 1220 g/mol. The van der Waals surface area contributed by atoms with Crippen LogP contribution in [0.25, 0.3) is 81.8 Å². The molecule has 18 heteroatoms. The van der Waals surface area contributed by atoms with Gasteiger partial charge in [-0.15, -0.1) is 136 Å². The molecule has 0 radical (unpaired) electrons. The van der Waals surface area contributed by atoms with Crippen molar-refractivity contribution in [2.24, 2.45) is 0 Å². The van der Waals surface area contributed by atoms with Gasteiger partial charge in [0, 0.05) is 102 Å². The summed E-state index contributed by atoms with van der Waals surface area (Å²) in [6.07, 6.45) is 3.83. The van der Waals surface area contributed by atoms with Crippen LogP contribution >= 0.6 is 136 Å². The summed E-state index contributed by atoms with van der Waals surface area (Å²) in [5.41, 5.74) is 8.88. The van der Waals surface area contributed by atoms with Gasteiger partial charge in [0.25, 0.3) is 0 Å². The van der Waals surface area contributed by atoms with E-state index >= 15 is 0 Å². The average molecular weight is 1240 g/mol. The molecule has 0 aliphatic heterocycles. The minimum atomic E-state index is -0.681. The maximum atomic E-state index is 14.4. The molecule has 0 spiro atoms. The predicted octanol–water partition coefficient (Wildman–Crippen LogP) is 19.9. The Morgan fingerprint density at radius 3 is 1.14 bits per heavy atom. The largest absolute Gasteiger partial charge is 0.288 e. The second-order valence-corrected chi connectivity index (χ2v) is 31.2. The lowest BCUT2D eigenvalue weighted by Crippen LogP contribution is -2.27. The third kappa shape index (κ3) is 5.97. The zero-order valence-electron chi connectivity index (χ0n) is 40.2. The van der Waals surface area contributed by atoms with Crippen molar-refractivity contribution in [3.63, 3.8) is 0 Å². The van der Waals surface area contributed by atoms with Crippen LogP contribution in [0.2, 0.25) is 0 Å². The number of hydrogen-bond donors (Lipinski definition) is 0. The Kier molecular flexibility index (Phi) is 10.3. The summed E-state index contributed by atoms with van der Waals surface area (Å²) in [5.74, 6) is -0.306. The number of hydrogen-bond acceptors (Lipinski definition) is 18. The van der Waals surface area contributed by atoms with Gasteiger partial charge in [-0.25, -0.2) is 0 Å². The molecule has 12 heterocycles. The molecule has 0 N–H and O–H groups in total. The van der Waals surface area contributed by atoms with Crippen LogP contribution in [0, 0.1) is 45.3 Å². The van der Waals surface area contributed by atoms with Gasteiger partial charge in [0.1, 0.15) is 35.4 Å². The van der Waals surface area contributed by atoms with Crippen LogP contribution in [0.4, 0.5) is 0 Å². The smallest absolute Gasteiger partial charge is 0.204 e. The Bertz CT molecular complexity index is 4840. The second-order valence-electron chi connectivity index (χ2n) is 19.2. The van der Waals surface area contributed by atoms with Crippen molar-refractivity contribution >= 4 is 209 Å². The van der Waals surface area contributed by atoms with E-state index in [0.717, 1.165) is 47.4 Å². The van der Waals surface area contributed by atoms with E-state index in [2.05, 4.69) is 119 Å². The zero-order chi connectivity index (χ0) is 53.5.